The second kappa shape index (κ2) is 10.6. The number of alkyl carbamates (subject to hydrolysis) is 1. The van der Waals surface area contributed by atoms with E-state index >= 15 is 0 Å². The molecule has 0 saturated carbocycles. The maximum atomic E-state index is 11.5. The number of hydrogen-bond donors (Lipinski definition) is 3. The average molecular weight is 368 g/mol. The third kappa shape index (κ3) is 9.24. The van der Waals surface area contributed by atoms with Crippen molar-refractivity contribution in [3.05, 3.63) is 11.7 Å². The Morgan fingerprint density at radius 2 is 1.85 bits per heavy atom. The fourth-order valence-electron chi connectivity index (χ4n) is 1.91. The molecule has 0 aliphatic heterocycles. The van der Waals surface area contributed by atoms with Crippen molar-refractivity contribution in [2.45, 2.75) is 59.0 Å². The van der Waals surface area contributed by atoms with Gasteiger partial charge in [-0.1, -0.05) is 19.0 Å². The molecule has 0 fully saturated rings. The van der Waals surface area contributed by atoms with Crippen molar-refractivity contribution in [1.82, 2.24) is 26.1 Å². The molecule has 0 aliphatic rings. The molecule has 9 nitrogen and oxygen atoms in total. The van der Waals surface area contributed by atoms with Crippen LogP contribution >= 0.6 is 0 Å². The number of ether oxygens (including phenoxy) is 1. The number of aromatic nitrogens is 2. The summed E-state index contributed by atoms with van der Waals surface area (Å²) in [6.07, 6.45) is 0.974. The van der Waals surface area contributed by atoms with Crippen LogP contribution in [0.15, 0.2) is 9.52 Å². The third-order valence-corrected chi connectivity index (χ3v) is 3.17. The van der Waals surface area contributed by atoms with Crippen LogP contribution in [0.4, 0.5) is 4.79 Å². The van der Waals surface area contributed by atoms with E-state index in [1.54, 1.807) is 7.05 Å². The highest BCUT2D eigenvalue weighted by Gasteiger charge is 2.15. The minimum atomic E-state index is -0.484. The first-order valence-corrected chi connectivity index (χ1v) is 8.95. The molecule has 0 aliphatic carbocycles. The molecule has 26 heavy (non-hydrogen) atoms. The maximum absolute atomic E-state index is 11.5. The second-order valence-corrected chi connectivity index (χ2v) is 7.16. The van der Waals surface area contributed by atoms with Crippen LogP contribution < -0.4 is 16.0 Å². The Labute approximate surface area is 155 Å². The molecular weight excluding hydrogens is 336 g/mol. The molecule has 0 radical (unpaired) electrons. The fraction of sp³-hybridized carbons (Fsp3) is 0.765. The minimum absolute atomic E-state index is 0.254. The Morgan fingerprint density at radius 1 is 1.19 bits per heavy atom. The van der Waals surface area contributed by atoms with E-state index in [1.807, 2.05) is 34.6 Å². The first-order chi connectivity index (χ1) is 12.2. The lowest BCUT2D eigenvalue weighted by atomic mass is 10.2. The number of nitrogens with zero attached hydrogens (tertiary/aromatic N) is 3. The van der Waals surface area contributed by atoms with Crippen LogP contribution in [0.2, 0.25) is 0 Å². The highest BCUT2D eigenvalue weighted by atomic mass is 16.6. The summed E-state index contributed by atoms with van der Waals surface area (Å²) in [6.45, 7) is 11.4. The monoisotopic (exact) mass is 368 g/mol. The number of carbonyl (C=O) groups is 1. The molecule has 1 heterocycles. The lowest BCUT2D eigenvalue weighted by molar-refractivity contribution is 0.0527. The van der Waals surface area contributed by atoms with E-state index in [0.717, 1.165) is 12.2 Å². The van der Waals surface area contributed by atoms with Gasteiger partial charge in [0.2, 0.25) is 5.89 Å². The van der Waals surface area contributed by atoms with Crippen LogP contribution in [-0.4, -0.2) is 54.5 Å². The highest BCUT2D eigenvalue weighted by molar-refractivity contribution is 5.79. The Balaban J connectivity index is 2.16. The standard InChI is InChI=1S/C17H32N6O3/c1-12(2)14-22-13(26-23-14)8-11-20-15(18-6)19-9-7-10-21-16(24)25-17(3,4)5/h12H,7-11H2,1-6H3,(H,21,24)(H2,18,19,20). The van der Waals surface area contributed by atoms with Gasteiger partial charge in [-0.2, -0.15) is 4.98 Å². The number of aliphatic imine (C=N–C) groups is 1. The van der Waals surface area contributed by atoms with Crippen molar-refractivity contribution < 1.29 is 14.1 Å². The largest absolute Gasteiger partial charge is 0.444 e. The van der Waals surface area contributed by atoms with E-state index in [0.29, 0.717) is 37.9 Å². The third-order valence-electron chi connectivity index (χ3n) is 3.17. The van der Waals surface area contributed by atoms with Gasteiger partial charge in [-0.05, 0) is 27.2 Å². The first-order valence-electron chi connectivity index (χ1n) is 8.95. The number of hydrogen-bond acceptors (Lipinski definition) is 6. The van der Waals surface area contributed by atoms with E-state index in [9.17, 15) is 4.79 Å². The van der Waals surface area contributed by atoms with Crippen molar-refractivity contribution >= 4 is 12.1 Å². The summed E-state index contributed by atoms with van der Waals surface area (Å²) in [5.74, 6) is 2.27. The van der Waals surface area contributed by atoms with Gasteiger partial charge >= 0.3 is 6.09 Å². The number of rotatable bonds is 8. The van der Waals surface area contributed by atoms with E-state index in [1.165, 1.54) is 0 Å². The molecule has 0 aromatic carbocycles. The molecule has 1 amide bonds. The van der Waals surface area contributed by atoms with Gasteiger partial charge in [0.15, 0.2) is 11.8 Å². The summed E-state index contributed by atoms with van der Waals surface area (Å²) in [4.78, 5) is 20.0. The molecule has 1 rings (SSSR count). The highest BCUT2D eigenvalue weighted by Crippen LogP contribution is 2.09. The van der Waals surface area contributed by atoms with Crippen molar-refractivity contribution in [2.75, 3.05) is 26.7 Å². The molecular formula is C17H32N6O3. The normalized spacial score (nSPS) is 12.2. The molecule has 9 heteroatoms. The van der Waals surface area contributed by atoms with Crippen LogP contribution in [0.1, 0.15) is 58.7 Å². The van der Waals surface area contributed by atoms with Gasteiger partial charge in [-0.3, -0.25) is 4.99 Å². The van der Waals surface area contributed by atoms with Gasteiger partial charge < -0.3 is 25.2 Å². The number of carbonyl (C=O) groups excluding carboxylic acids is 1. The molecule has 1 aromatic heterocycles. The van der Waals surface area contributed by atoms with Crippen molar-refractivity contribution in [3.63, 3.8) is 0 Å². The summed E-state index contributed by atoms with van der Waals surface area (Å²) < 4.78 is 10.4. The van der Waals surface area contributed by atoms with Crippen LogP contribution in [0.5, 0.6) is 0 Å². The number of nitrogens with one attached hydrogen (secondary N) is 3. The molecule has 0 saturated heterocycles. The zero-order chi connectivity index (χ0) is 19.6. The minimum Gasteiger partial charge on any atom is -0.444 e. The smallest absolute Gasteiger partial charge is 0.407 e. The van der Waals surface area contributed by atoms with E-state index in [-0.39, 0.29) is 5.92 Å². The van der Waals surface area contributed by atoms with Crippen molar-refractivity contribution in [1.29, 1.82) is 0 Å². The molecule has 0 spiro atoms. The van der Waals surface area contributed by atoms with Gasteiger partial charge in [-0.15, -0.1) is 0 Å². The molecule has 1 aromatic rings. The zero-order valence-electron chi connectivity index (χ0n) is 16.7. The van der Waals surface area contributed by atoms with E-state index < -0.39 is 11.7 Å². The number of amides is 1. The van der Waals surface area contributed by atoms with Gasteiger partial charge in [-0.25, -0.2) is 4.79 Å². The van der Waals surface area contributed by atoms with Gasteiger partial charge in [0.1, 0.15) is 5.60 Å². The Hall–Kier alpha value is -2.32. The number of guanidine groups is 1. The molecule has 0 unspecified atom stereocenters. The summed E-state index contributed by atoms with van der Waals surface area (Å²) in [5, 5.41) is 13.0. The van der Waals surface area contributed by atoms with Crippen LogP contribution in [0.25, 0.3) is 0 Å². The second-order valence-electron chi connectivity index (χ2n) is 7.16. The van der Waals surface area contributed by atoms with E-state index in [4.69, 9.17) is 9.26 Å². The van der Waals surface area contributed by atoms with Crippen LogP contribution in [0, 0.1) is 0 Å². The van der Waals surface area contributed by atoms with Crippen LogP contribution in [-0.2, 0) is 11.2 Å². The predicted octanol–water partition coefficient (Wildman–Crippen LogP) is 1.82. The average Bonchev–Trinajstić information content (AvgIpc) is 3.00. The molecule has 148 valence electrons. The predicted molar refractivity (Wildman–Crippen MR) is 100 cm³/mol. The quantitative estimate of drug-likeness (QED) is 0.364. The molecule has 3 N–H and O–H groups in total. The maximum Gasteiger partial charge on any atom is 0.407 e. The van der Waals surface area contributed by atoms with Crippen LogP contribution in [0.3, 0.4) is 0 Å². The Kier molecular flexibility index (Phi) is 8.87. The summed E-state index contributed by atoms with van der Waals surface area (Å²) in [7, 11) is 1.71. The van der Waals surface area contributed by atoms with Gasteiger partial charge in [0.05, 0.1) is 0 Å². The summed E-state index contributed by atoms with van der Waals surface area (Å²) >= 11 is 0. The lowest BCUT2D eigenvalue weighted by Gasteiger charge is -2.19. The summed E-state index contributed by atoms with van der Waals surface area (Å²) in [6, 6.07) is 0. The Bertz CT molecular complexity index is 577. The molecule has 0 bridgehead atoms. The van der Waals surface area contributed by atoms with E-state index in [2.05, 4.69) is 31.1 Å². The summed E-state index contributed by atoms with van der Waals surface area (Å²) in [5.41, 5.74) is -0.484. The SMILES string of the molecule is CN=C(NCCCNC(=O)OC(C)(C)C)NCCc1nc(C(C)C)no1. The Morgan fingerprint density at radius 3 is 2.42 bits per heavy atom. The van der Waals surface area contributed by atoms with Crippen molar-refractivity contribution in [3.8, 4) is 0 Å². The first kappa shape index (κ1) is 21.7. The van der Waals surface area contributed by atoms with Crippen molar-refractivity contribution in [2.24, 2.45) is 4.99 Å². The topological polar surface area (TPSA) is 114 Å². The zero-order valence-corrected chi connectivity index (χ0v) is 16.7. The fourth-order valence-corrected chi connectivity index (χ4v) is 1.91. The van der Waals surface area contributed by atoms with Gasteiger partial charge in [0, 0.05) is 39.0 Å². The molecule has 0 atom stereocenters. The van der Waals surface area contributed by atoms with Gasteiger partial charge in [0.25, 0.3) is 0 Å². The lowest BCUT2D eigenvalue weighted by Crippen LogP contribution is -2.40.